The summed E-state index contributed by atoms with van der Waals surface area (Å²) in [4.78, 5) is 21.0. The maximum absolute atomic E-state index is 10.8. The van der Waals surface area contributed by atoms with E-state index in [4.69, 9.17) is 5.11 Å². The Bertz CT molecular complexity index is 393. The van der Waals surface area contributed by atoms with E-state index in [9.17, 15) is 4.79 Å². The summed E-state index contributed by atoms with van der Waals surface area (Å²) in [7, 11) is 1.91. The molecule has 88 valence electrons. The van der Waals surface area contributed by atoms with Gasteiger partial charge in [-0.3, -0.25) is 0 Å². The first kappa shape index (κ1) is 12.4. The smallest absolute Gasteiger partial charge is 0.339 e. The van der Waals surface area contributed by atoms with Crippen LogP contribution in [0.1, 0.15) is 36.3 Å². The molecule has 1 unspecified atom stereocenters. The Morgan fingerprint density at radius 2 is 2.25 bits per heavy atom. The van der Waals surface area contributed by atoms with Crippen molar-refractivity contribution in [2.24, 2.45) is 0 Å². The van der Waals surface area contributed by atoms with Crippen molar-refractivity contribution in [3.05, 3.63) is 17.5 Å². The summed E-state index contributed by atoms with van der Waals surface area (Å²) >= 11 is 0. The molecule has 0 fully saturated rings. The van der Waals surface area contributed by atoms with E-state index in [0.29, 0.717) is 17.7 Å². The number of aromatic carboxylic acids is 1. The molecule has 1 N–H and O–H groups in total. The molecule has 5 heteroatoms. The van der Waals surface area contributed by atoms with Gasteiger partial charge in [0.05, 0.1) is 11.3 Å². The van der Waals surface area contributed by atoms with Gasteiger partial charge in [-0.2, -0.15) is 0 Å². The summed E-state index contributed by atoms with van der Waals surface area (Å²) in [6, 6.07) is 0.329. The van der Waals surface area contributed by atoms with Gasteiger partial charge in [0.15, 0.2) is 0 Å². The van der Waals surface area contributed by atoms with Gasteiger partial charge in [0.1, 0.15) is 0 Å². The van der Waals surface area contributed by atoms with Gasteiger partial charge in [-0.05, 0) is 20.3 Å². The third-order valence-electron chi connectivity index (χ3n) is 2.76. The lowest BCUT2D eigenvalue weighted by Gasteiger charge is -2.23. The zero-order valence-electron chi connectivity index (χ0n) is 10.1. The highest BCUT2D eigenvalue weighted by atomic mass is 16.4. The molecule has 0 aliphatic carbocycles. The number of aryl methyl sites for hydroxylation is 1. The lowest BCUT2D eigenvalue weighted by molar-refractivity contribution is 0.0695. The van der Waals surface area contributed by atoms with Crippen molar-refractivity contribution in [1.29, 1.82) is 0 Å². The molecule has 0 saturated carbocycles. The molecule has 1 heterocycles. The van der Waals surface area contributed by atoms with Crippen LogP contribution >= 0.6 is 0 Å². The minimum atomic E-state index is -0.991. The summed E-state index contributed by atoms with van der Waals surface area (Å²) in [6.45, 7) is 5.84. The van der Waals surface area contributed by atoms with Crippen molar-refractivity contribution >= 4 is 11.9 Å². The fourth-order valence-electron chi connectivity index (χ4n) is 1.31. The van der Waals surface area contributed by atoms with Crippen molar-refractivity contribution in [1.82, 2.24) is 9.97 Å². The van der Waals surface area contributed by atoms with Gasteiger partial charge in [0.2, 0.25) is 5.95 Å². The predicted octanol–water partition coefficient (Wildman–Crippen LogP) is 1.72. The van der Waals surface area contributed by atoms with Crippen LogP contribution in [0, 0.1) is 6.92 Å². The van der Waals surface area contributed by atoms with Crippen molar-refractivity contribution < 1.29 is 9.90 Å². The third-order valence-corrected chi connectivity index (χ3v) is 2.76. The summed E-state index contributed by atoms with van der Waals surface area (Å²) in [5.74, 6) is -0.424. The maximum Gasteiger partial charge on any atom is 0.339 e. The highest BCUT2D eigenvalue weighted by Gasteiger charge is 2.14. The van der Waals surface area contributed by atoms with Crippen molar-refractivity contribution in [2.45, 2.75) is 33.2 Å². The molecule has 0 radical (unpaired) electrons. The molecular weight excluding hydrogens is 206 g/mol. The molecule has 0 aromatic carbocycles. The second-order valence-corrected chi connectivity index (χ2v) is 3.84. The maximum atomic E-state index is 10.8. The summed E-state index contributed by atoms with van der Waals surface area (Å²) in [5, 5.41) is 8.86. The second-order valence-electron chi connectivity index (χ2n) is 3.84. The second kappa shape index (κ2) is 4.92. The minimum absolute atomic E-state index is 0.154. The number of rotatable bonds is 4. The number of anilines is 1. The fourth-order valence-corrected chi connectivity index (χ4v) is 1.31. The van der Waals surface area contributed by atoms with Crippen LogP contribution in [0.2, 0.25) is 0 Å². The lowest BCUT2D eigenvalue weighted by atomic mass is 10.2. The van der Waals surface area contributed by atoms with Gasteiger partial charge in [-0.25, -0.2) is 14.8 Å². The molecule has 0 aliphatic heterocycles. The van der Waals surface area contributed by atoms with Crippen LogP contribution in [0.25, 0.3) is 0 Å². The molecule has 1 rings (SSSR count). The van der Waals surface area contributed by atoms with E-state index in [1.54, 1.807) is 6.92 Å². The van der Waals surface area contributed by atoms with Gasteiger partial charge in [-0.1, -0.05) is 6.92 Å². The van der Waals surface area contributed by atoms with E-state index in [1.807, 2.05) is 11.9 Å². The van der Waals surface area contributed by atoms with E-state index >= 15 is 0 Å². The first-order valence-electron chi connectivity index (χ1n) is 5.27. The van der Waals surface area contributed by atoms with Crippen molar-refractivity contribution in [3.8, 4) is 0 Å². The Morgan fingerprint density at radius 3 is 2.69 bits per heavy atom. The Balaban J connectivity index is 3.01. The Labute approximate surface area is 95.1 Å². The highest BCUT2D eigenvalue weighted by molar-refractivity contribution is 5.88. The average Bonchev–Trinajstić information content (AvgIpc) is 2.26. The highest BCUT2D eigenvalue weighted by Crippen LogP contribution is 2.13. The van der Waals surface area contributed by atoms with Crippen LogP contribution in [0.15, 0.2) is 6.20 Å². The number of hydrogen-bond donors (Lipinski definition) is 1. The molecular formula is C11H17N3O2. The summed E-state index contributed by atoms with van der Waals surface area (Å²) in [5.41, 5.74) is 0.647. The van der Waals surface area contributed by atoms with Gasteiger partial charge in [0, 0.05) is 19.3 Å². The largest absolute Gasteiger partial charge is 0.478 e. The number of carboxylic acid groups (broad SMARTS) is 1. The molecule has 0 amide bonds. The van der Waals surface area contributed by atoms with Crippen molar-refractivity contribution in [2.75, 3.05) is 11.9 Å². The number of hydrogen-bond acceptors (Lipinski definition) is 4. The van der Waals surface area contributed by atoms with E-state index in [1.165, 1.54) is 6.20 Å². The first-order chi connectivity index (χ1) is 7.47. The fraction of sp³-hybridized carbons (Fsp3) is 0.545. The first-order valence-corrected chi connectivity index (χ1v) is 5.27. The molecule has 1 atom stereocenters. The molecule has 0 saturated heterocycles. The van der Waals surface area contributed by atoms with E-state index in [0.717, 1.165) is 6.42 Å². The number of aromatic nitrogens is 2. The van der Waals surface area contributed by atoms with Crippen LogP contribution in [-0.2, 0) is 0 Å². The van der Waals surface area contributed by atoms with Crippen LogP contribution < -0.4 is 4.90 Å². The van der Waals surface area contributed by atoms with Gasteiger partial charge < -0.3 is 10.0 Å². The molecule has 16 heavy (non-hydrogen) atoms. The molecule has 0 aliphatic rings. The topological polar surface area (TPSA) is 66.3 Å². The molecule has 5 nitrogen and oxygen atoms in total. The number of carbonyl (C=O) groups is 1. The standard InChI is InChI=1S/C11H17N3O2/c1-5-7(2)14(4)11-12-6-9(10(15)16)8(3)13-11/h6-7H,5H2,1-4H3,(H,15,16). The quantitative estimate of drug-likeness (QED) is 0.841. The minimum Gasteiger partial charge on any atom is -0.478 e. The van der Waals surface area contributed by atoms with Crippen LogP contribution in [0.4, 0.5) is 5.95 Å². The number of nitrogens with zero attached hydrogens (tertiary/aromatic N) is 3. The monoisotopic (exact) mass is 223 g/mol. The van der Waals surface area contributed by atoms with Crippen LogP contribution in [0.3, 0.4) is 0 Å². The molecule has 0 bridgehead atoms. The SMILES string of the molecule is CCC(C)N(C)c1ncc(C(=O)O)c(C)n1. The Morgan fingerprint density at radius 1 is 1.62 bits per heavy atom. The third kappa shape index (κ3) is 2.48. The van der Waals surface area contributed by atoms with Gasteiger partial charge in [0.25, 0.3) is 0 Å². The molecule has 1 aromatic heterocycles. The van der Waals surface area contributed by atoms with E-state index < -0.39 is 5.97 Å². The van der Waals surface area contributed by atoms with Gasteiger partial charge in [-0.15, -0.1) is 0 Å². The predicted molar refractivity (Wildman–Crippen MR) is 61.9 cm³/mol. The van der Waals surface area contributed by atoms with Crippen molar-refractivity contribution in [3.63, 3.8) is 0 Å². The summed E-state index contributed by atoms with van der Waals surface area (Å²) in [6.07, 6.45) is 2.35. The summed E-state index contributed by atoms with van der Waals surface area (Å²) < 4.78 is 0. The Kier molecular flexibility index (Phi) is 3.82. The zero-order chi connectivity index (χ0) is 12.3. The molecule has 0 spiro atoms. The van der Waals surface area contributed by atoms with E-state index in [-0.39, 0.29) is 5.56 Å². The normalized spacial score (nSPS) is 12.2. The van der Waals surface area contributed by atoms with Gasteiger partial charge >= 0.3 is 5.97 Å². The average molecular weight is 223 g/mol. The lowest BCUT2D eigenvalue weighted by Crippen LogP contribution is -2.30. The zero-order valence-corrected chi connectivity index (χ0v) is 10.1. The van der Waals surface area contributed by atoms with Crippen LogP contribution in [0.5, 0.6) is 0 Å². The molecule has 1 aromatic rings. The van der Waals surface area contributed by atoms with Crippen LogP contribution in [-0.4, -0.2) is 34.1 Å². The Hall–Kier alpha value is -1.65. The van der Waals surface area contributed by atoms with E-state index in [2.05, 4.69) is 23.8 Å². The number of carboxylic acids is 1.